The molecule has 5 nitrogen and oxygen atoms in total. The van der Waals surface area contributed by atoms with Crippen LogP contribution in [0.15, 0.2) is 22.8 Å². The summed E-state index contributed by atoms with van der Waals surface area (Å²) in [5.74, 6) is 1.18. The molecule has 0 aromatic heterocycles. The molecule has 0 N–H and O–H groups in total. The van der Waals surface area contributed by atoms with Gasteiger partial charge < -0.3 is 9.47 Å². The third-order valence-corrected chi connectivity index (χ3v) is 2.74. The SMILES string of the molecule is CCCOc1cc(/C=C/[N+](=O)[O-])c(OC)cc1Br. The Kier molecular flexibility index (Phi) is 5.64. The van der Waals surface area contributed by atoms with E-state index < -0.39 is 4.92 Å². The van der Waals surface area contributed by atoms with Crippen LogP contribution in [0.5, 0.6) is 11.5 Å². The highest BCUT2D eigenvalue weighted by molar-refractivity contribution is 9.10. The Labute approximate surface area is 114 Å². The smallest absolute Gasteiger partial charge is 0.235 e. The van der Waals surface area contributed by atoms with Gasteiger partial charge in [-0.2, -0.15) is 0 Å². The first-order chi connectivity index (χ1) is 8.58. The normalized spacial score (nSPS) is 10.6. The standard InChI is InChI=1S/C12H14BrNO4/c1-3-6-18-12-7-9(4-5-14(15)16)11(17-2)8-10(12)13/h4-5,7-8H,3,6H2,1-2H3/b5-4+. The molecule has 0 fully saturated rings. The fourth-order valence-corrected chi connectivity index (χ4v) is 1.76. The van der Waals surface area contributed by atoms with Gasteiger partial charge in [0.15, 0.2) is 0 Å². The summed E-state index contributed by atoms with van der Waals surface area (Å²) in [5.41, 5.74) is 0.600. The Morgan fingerprint density at radius 3 is 2.72 bits per heavy atom. The average molecular weight is 316 g/mol. The maximum atomic E-state index is 10.3. The molecule has 0 heterocycles. The van der Waals surface area contributed by atoms with E-state index in [-0.39, 0.29) is 0 Å². The van der Waals surface area contributed by atoms with Gasteiger partial charge >= 0.3 is 0 Å². The average Bonchev–Trinajstić information content (AvgIpc) is 2.35. The summed E-state index contributed by atoms with van der Waals surface area (Å²) in [5, 5.41) is 10.3. The van der Waals surface area contributed by atoms with Gasteiger partial charge in [-0.1, -0.05) is 6.92 Å². The maximum absolute atomic E-state index is 10.3. The second-order valence-electron chi connectivity index (χ2n) is 3.47. The summed E-state index contributed by atoms with van der Waals surface area (Å²) in [6.45, 7) is 2.59. The van der Waals surface area contributed by atoms with Crippen LogP contribution in [-0.2, 0) is 0 Å². The Balaban J connectivity index is 3.09. The molecule has 0 bridgehead atoms. The highest BCUT2D eigenvalue weighted by Gasteiger charge is 2.09. The predicted molar refractivity (Wildman–Crippen MR) is 72.5 cm³/mol. The molecule has 0 atom stereocenters. The molecule has 0 radical (unpaired) electrons. The minimum Gasteiger partial charge on any atom is -0.496 e. The van der Waals surface area contributed by atoms with E-state index >= 15 is 0 Å². The fourth-order valence-electron chi connectivity index (χ4n) is 1.32. The maximum Gasteiger partial charge on any atom is 0.235 e. The van der Waals surface area contributed by atoms with Gasteiger partial charge in [-0.25, -0.2) is 0 Å². The zero-order chi connectivity index (χ0) is 13.5. The molecule has 6 heteroatoms. The van der Waals surface area contributed by atoms with Crippen LogP contribution in [0.3, 0.4) is 0 Å². The zero-order valence-corrected chi connectivity index (χ0v) is 11.8. The van der Waals surface area contributed by atoms with Gasteiger partial charge in [-0.05, 0) is 34.5 Å². The second-order valence-corrected chi connectivity index (χ2v) is 4.33. The lowest BCUT2D eigenvalue weighted by atomic mass is 10.2. The molecule has 0 amide bonds. The van der Waals surface area contributed by atoms with Crippen molar-refractivity contribution in [2.75, 3.05) is 13.7 Å². The van der Waals surface area contributed by atoms with Gasteiger partial charge in [-0.15, -0.1) is 0 Å². The van der Waals surface area contributed by atoms with E-state index in [1.807, 2.05) is 6.92 Å². The fraction of sp³-hybridized carbons (Fsp3) is 0.333. The topological polar surface area (TPSA) is 61.6 Å². The van der Waals surface area contributed by atoms with Crippen molar-refractivity contribution in [2.24, 2.45) is 0 Å². The molecule has 0 saturated heterocycles. The van der Waals surface area contributed by atoms with Crippen molar-refractivity contribution in [3.8, 4) is 11.5 Å². The molecule has 1 aromatic carbocycles. The van der Waals surface area contributed by atoms with Gasteiger partial charge in [0.1, 0.15) is 11.5 Å². The summed E-state index contributed by atoms with van der Waals surface area (Å²) in [6.07, 6.45) is 3.14. The molecule has 18 heavy (non-hydrogen) atoms. The number of nitro groups is 1. The van der Waals surface area contributed by atoms with Crippen molar-refractivity contribution < 1.29 is 14.4 Å². The highest BCUT2D eigenvalue weighted by atomic mass is 79.9. The zero-order valence-electron chi connectivity index (χ0n) is 10.2. The number of rotatable bonds is 6. The van der Waals surface area contributed by atoms with E-state index in [4.69, 9.17) is 9.47 Å². The van der Waals surface area contributed by atoms with E-state index in [2.05, 4.69) is 15.9 Å². The Morgan fingerprint density at radius 2 is 2.17 bits per heavy atom. The lowest BCUT2D eigenvalue weighted by Gasteiger charge is -2.11. The van der Waals surface area contributed by atoms with Gasteiger partial charge in [0.05, 0.1) is 23.1 Å². The van der Waals surface area contributed by atoms with Gasteiger partial charge in [-0.3, -0.25) is 10.1 Å². The number of methoxy groups -OCH3 is 1. The number of halogens is 1. The lowest BCUT2D eigenvalue weighted by Crippen LogP contribution is -1.97. The van der Waals surface area contributed by atoms with E-state index in [0.29, 0.717) is 23.7 Å². The molecule has 0 unspecified atom stereocenters. The molecule has 0 aliphatic carbocycles. The largest absolute Gasteiger partial charge is 0.496 e. The van der Waals surface area contributed by atoms with E-state index in [1.165, 1.54) is 13.2 Å². The van der Waals surface area contributed by atoms with Crippen LogP contribution in [0.25, 0.3) is 6.08 Å². The van der Waals surface area contributed by atoms with Crippen LogP contribution in [0, 0.1) is 10.1 Å². The minimum absolute atomic E-state index is 0.520. The van der Waals surface area contributed by atoms with Gasteiger partial charge in [0, 0.05) is 11.6 Å². The third kappa shape index (κ3) is 4.03. The van der Waals surface area contributed by atoms with Crippen LogP contribution in [0.2, 0.25) is 0 Å². The van der Waals surface area contributed by atoms with Crippen molar-refractivity contribution >= 4 is 22.0 Å². The van der Waals surface area contributed by atoms with Crippen LogP contribution in [-0.4, -0.2) is 18.6 Å². The van der Waals surface area contributed by atoms with Crippen molar-refractivity contribution in [2.45, 2.75) is 13.3 Å². The monoisotopic (exact) mass is 315 g/mol. The van der Waals surface area contributed by atoms with Crippen molar-refractivity contribution in [3.63, 3.8) is 0 Å². The predicted octanol–water partition coefficient (Wildman–Crippen LogP) is 3.49. The summed E-state index contributed by atoms with van der Waals surface area (Å²) >= 11 is 3.37. The van der Waals surface area contributed by atoms with E-state index in [9.17, 15) is 10.1 Å². The summed E-state index contributed by atoms with van der Waals surface area (Å²) in [6, 6.07) is 3.43. The van der Waals surface area contributed by atoms with Crippen LogP contribution < -0.4 is 9.47 Å². The number of ether oxygens (including phenoxy) is 2. The van der Waals surface area contributed by atoms with Crippen molar-refractivity contribution in [1.82, 2.24) is 0 Å². The summed E-state index contributed by atoms with van der Waals surface area (Å²) < 4.78 is 11.4. The minimum atomic E-state index is -0.520. The Hall–Kier alpha value is -1.56. The Morgan fingerprint density at radius 1 is 1.44 bits per heavy atom. The van der Waals surface area contributed by atoms with E-state index in [0.717, 1.165) is 17.1 Å². The first-order valence-electron chi connectivity index (χ1n) is 5.40. The van der Waals surface area contributed by atoms with Crippen molar-refractivity contribution in [1.29, 1.82) is 0 Å². The molecule has 0 saturated carbocycles. The molecule has 1 aromatic rings. The second kappa shape index (κ2) is 7.00. The molecule has 1 rings (SSSR count). The molecule has 0 aliphatic rings. The molecule has 98 valence electrons. The Bertz CT molecular complexity index is 460. The van der Waals surface area contributed by atoms with Gasteiger partial charge in [0.25, 0.3) is 0 Å². The molecular formula is C12H14BrNO4. The highest BCUT2D eigenvalue weighted by Crippen LogP contribution is 2.33. The first-order valence-corrected chi connectivity index (χ1v) is 6.19. The number of benzene rings is 1. The van der Waals surface area contributed by atoms with E-state index in [1.54, 1.807) is 12.1 Å². The molecular weight excluding hydrogens is 302 g/mol. The number of hydrogen-bond donors (Lipinski definition) is 0. The third-order valence-electron chi connectivity index (χ3n) is 2.12. The lowest BCUT2D eigenvalue weighted by molar-refractivity contribution is -0.400. The summed E-state index contributed by atoms with van der Waals surface area (Å²) in [4.78, 5) is 9.81. The van der Waals surface area contributed by atoms with Crippen LogP contribution in [0.4, 0.5) is 0 Å². The van der Waals surface area contributed by atoms with Crippen molar-refractivity contribution in [3.05, 3.63) is 38.5 Å². The van der Waals surface area contributed by atoms with Crippen LogP contribution in [0.1, 0.15) is 18.9 Å². The first kappa shape index (κ1) is 14.5. The quantitative estimate of drug-likeness (QED) is 0.595. The number of nitrogens with zero attached hydrogens (tertiary/aromatic N) is 1. The van der Waals surface area contributed by atoms with Crippen LogP contribution >= 0.6 is 15.9 Å². The molecule has 0 spiro atoms. The van der Waals surface area contributed by atoms with Gasteiger partial charge in [0.2, 0.25) is 6.20 Å². The number of hydrogen-bond acceptors (Lipinski definition) is 4. The summed E-state index contributed by atoms with van der Waals surface area (Å²) in [7, 11) is 1.51. The molecule has 0 aliphatic heterocycles.